The molecule has 0 saturated carbocycles. The fraction of sp³-hybridized carbons (Fsp3) is 0.500. The molecule has 0 unspecified atom stereocenters. The maximum Gasteiger partial charge on any atom is 0.436 e. The first-order valence-corrected chi connectivity index (χ1v) is 7.78. The number of rotatable bonds is 3. The molecule has 24 heavy (non-hydrogen) atoms. The lowest BCUT2D eigenvalue weighted by atomic mass is 10.2. The summed E-state index contributed by atoms with van der Waals surface area (Å²) in [5, 5.41) is 7.68. The molecule has 0 aliphatic carbocycles. The highest BCUT2D eigenvalue weighted by atomic mass is 79.9. The Hall–Kier alpha value is -1.84. The third-order valence-corrected chi connectivity index (χ3v) is 4.61. The van der Waals surface area contributed by atoms with Crippen LogP contribution in [0.3, 0.4) is 0 Å². The van der Waals surface area contributed by atoms with Gasteiger partial charge in [-0.1, -0.05) is 0 Å². The van der Waals surface area contributed by atoms with Crippen LogP contribution in [0.5, 0.6) is 0 Å². The highest BCUT2D eigenvalue weighted by Crippen LogP contribution is 2.36. The van der Waals surface area contributed by atoms with Crippen molar-refractivity contribution in [3.05, 3.63) is 32.8 Å². The van der Waals surface area contributed by atoms with E-state index >= 15 is 0 Å². The molecule has 2 aromatic heterocycles. The van der Waals surface area contributed by atoms with Crippen molar-refractivity contribution < 1.29 is 18.0 Å². The van der Waals surface area contributed by atoms with Gasteiger partial charge in [0.2, 0.25) is 0 Å². The van der Waals surface area contributed by atoms with Gasteiger partial charge in [0.05, 0.1) is 10.2 Å². The predicted molar refractivity (Wildman–Crippen MR) is 84.4 cm³/mol. The molecule has 10 heteroatoms. The Labute approximate surface area is 145 Å². The molecule has 0 atom stereocenters. The summed E-state index contributed by atoms with van der Waals surface area (Å²) in [4.78, 5) is 13.9. The van der Waals surface area contributed by atoms with Crippen molar-refractivity contribution in [2.24, 2.45) is 14.1 Å². The second kappa shape index (κ2) is 6.23. The van der Waals surface area contributed by atoms with Crippen LogP contribution in [0.1, 0.15) is 33.1 Å². The average molecular weight is 408 g/mol. The Morgan fingerprint density at radius 3 is 2.21 bits per heavy atom. The molecule has 6 nitrogen and oxygen atoms in total. The maximum absolute atomic E-state index is 12.9. The largest absolute Gasteiger partial charge is 0.436 e. The number of hydrogen-bond donors (Lipinski definition) is 0. The topological polar surface area (TPSA) is 56.0 Å². The lowest BCUT2D eigenvalue weighted by Gasteiger charge is -2.18. The molecule has 0 bridgehead atoms. The van der Waals surface area contributed by atoms with E-state index < -0.39 is 17.8 Å². The molecule has 0 aromatic carbocycles. The van der Waals surface area contributed by atoms with Crippen LogP contribution in [0.15, 0.2) is 4.47 Å². The van der Waals surface area contributed by atoms with Crippen LogP contribution >= 0.6 is 15.9 Å². The maximum atomic E-state index is 12.9. The van der Waals surface area contributed by atoms with Crippen molar-refractivity contribution in [3.63, 3.8) is 0 Å². The molecule has 0 aliphatic heterocycles. The number of halogens is 4. The molecule has 2 rings (SSSR count). The molecule has 0 radical (unpaired) electrons. The first kappa shape index (κ1) is 18.5. The molecule has 1 amide bonds. The minimum absolute atomic E-state index is 0.149. The number of carbonyl (C=O) groups is 1. The van der Waals surface area contributed by atoms with Gasteiger partial charge >= 0.3 is 6.18 Å². The number of aryl methyl sites for hydroxylation is 3. The molecule has 2 heterocycles. The molecule has 0 fully saturated rings. The quantitative estimate of drug-likeness (QED) is 0.785. The monoisotopic (exact) mass is 407 g/mol. The van der Waals surface area contributed by atoms with Gasteiger partial charge < -0.3 is 4.90 Å². The van der Waals surface area contributed by atoms with E-state index in [-0.39, 0.29) is 16.7 Å². The van der Waals surface area contributed by atoms with E-state index in [1.165, 1.54) is 19.0 Å². The average Bonchev–Trinajstić information content (AvgIpc) is 2.88. The molecule has 2 aromatic rings. The van der Waals surface area contributed by atoms with Crippen molar-refractivity contribution in [1.82, 2.24) is 24.5 Å². The number of hydrogen-bond acceptors (Lipinski definition) is 3. The van der Waals surface area contributed by atoms with E-state index in [9.17, 15) is 18.0 Å². The molecule has 0 saturated heterocycles. The standard InChI is InChI=1S/C14H17BrF3N5O/c1-7-9(8(2)22(4)19-7)6-21(3)13(24)11-10(15)12(14(16,17)18)20-23(11)5/h6H2,1-5H3. The van der Waals surface area contributed by atoms with Gasteiger partial charge in [-0.05, 0) is 29.8 Å². The van der Waals surface area contributed by atoms with E-state index in [2.05, 4.69) is 26.1 Å². The minimum atomic E-state index is -4.63. The summed E-state index contributed by atoms with van der Waals surface area (Å²) in [6.45, 7) is 3.93. The Kier molecular flexibility index (Phi) is 4.80. The van der Waals surface area contributed by atoms with Crippen molar-refractivity contribution in [2.45, 2.75) is 26.6 Å². The number of carbonyl (C=O) groups excluding carboxylic acids is 1. The third-order valence-electron chi connectivity index (χ3n) is 3.86. The summed E-state index contributed by atoms with van der Waals surface area (Å²) in [6.07, 6.45) is -4.63. The first-order valence-electron chi connectivity index (χ1n) is 6.99. The zero-order valence-electron chi connectivity index (χ0n) is 13.9. The predicted octanol–water partition coefficient (Wildman–Crippen LogP) is 2.82. The number of alkyl halides is 3. The van der Waals surface area contributed by atoms with Gasteiger partial charge in [0.15, 0.2) is 5.69 Å². The highest BCUT2D eigenvalue weighted by molar-refractivity contribution is 9.10. The molecule has 132 valence electrons. The summed E-state index contributed by atoms with van der Waals surface area (Å²) < 4.78 is 41.0. The summed E-state index contributed by atoms with van der Waals surface area (Å²) in [5.74, 6) is -0.560. The van der Waals surface area contributed by atoms with Gasteiger partial charge in [0.25, 0.3) is 5.91 Å². The second-order valence-corrected chi connectivity index (χ2v) is 6.36. The fourth-order valence-corrected chi connectivity index (χ4v) is 3.18. The van der Waals surface area contributed by atoms with E-state index in [0.29, 0.717) is 0 Å². The lowest BCUT2D eigenvalue weighted by Crippen LogP contribution is -2.28. The Bertz CT molecular complexity index is 793. The molecule has 0 N–H and O–H groups in total. The summed E-state index contributed by atoms with van der Waals surface area (Å²) >= 11 is 2.86. The molecule has 0 spiro atoms. The number of aromatic nitrogens is 4. The van der Waals surface area contributed by atoms with Crippen LogP contribution in [-0.2, 0) is 26.8 Å². The third kappa shape index (κ3) is 3.19. The minimum Gasteiger partial charge on any atom is -0.336 e. The van der Waals surface area contributed by atoms with Gasteiger partial charge in [0, 0.05) is 38.9 Å². The molecular formula is C14H17BrF3N5O. The Balaban J connectivity index is 2.34. The fourth-order valence-electron chi connectivity index (χ4n) is 2.45. The van der Waals surface area contributed by atoms with Gasteiger partial charge in [0.1, 0.15) is 5.69 Å². The smallest absolute Gasteiger partial charge is 0.336 e. The van der Waals surface area contributed by atoms with E-state index in [4.69, 9.17) is 0 Å². The van der Waals surface area contributed by atoms with Gasteiger partial charge in [-0.2, -0.15) is 23.4 Å². The first-order chi connectivity index (χ1) is 10.9. The highest BCUT2D eigenvalue weighted by Gasteiger charge is 2.39. The van der Waals surface area contributed by atoms with Crippen molar-refractivity contribution >= 4 is 21.8 Å². The van der Waals surface area contributed by atoms with E-state index in [1.807, 2.05) is 13.8 Å². The summed E-state index contributed by atoms with van der Waals surface area (Å²) in [6, 6.07) is 0. The van der Waals surface area contributed by atoms with Gasteiger partial charge in [-0.25, -0.2) is 0 Å². The van der Waals surface area contributed by atoms with Crippen LogP contribution in [0.4, 0.5) is 13.2 Å². The van der Waals surface area contributed by atoms with Crippen LogP contribution in [-0.4, -0.2) is 37.4 Å². The van der Waals surface area contributed by atoms with Crippen LogP contribution < -0.4 is 0 Å². The molecule has 0 aliphatic rings. The van der Waals surface area contributed by atoms with Gasteiger partial charge in [-0.3, -0.25) is 14.2 Å². The zero-order valence-corrected chi connectivity index (χ0v) is 15.4. The summed E-state index contributed by atoms with van der Waals surface area (Å²) in [7, 11) is 4.63. The lowest BCUT2D eigenvalue weighted by molar-refractivity contribution is -0.142. The zero-order chi connectivity index (χ0) is 18.4. The normalized spacial score (nSPS) is 11.9. The van der Waals surface area contributed by atoms with E-state index in [0.717, 1.165) is 21.6 Å². The molecular weight excluding hydrogens is 391 g/mol. The van der Waals surface area contributed by atoms with Crippen LogP contribution in [0.25, 0.3) is 0 Å². The summed E-state index contributed by atoms with van der Waals surface area (Å²) in [5.41, 5.74) is 1.27. The number of amides is 1. The van der Waals surface area contributed by atoms with Crippen molar-refractivity contribution in [1.29, 1.82) is 0 Å². The van der Waals surface area contributed by atoms with Gasteiger partial charge in [-0.15, -0.1) is 0 Å². The van der Waals surface area contributed by atoms with Crippen LogP contribution in [0.2, 0.25) is 0 Å². The van der Waals surface area contributed by atoms with Crippen molar-refractivity contribution in [3.8, 4) is 0 Å². The van der Waals surface area contributed by atoms with Crippen LogP contribution in [0, 0.1) is 13.8 Å². The Morgan fingerprint density at radius 2 is 1.79 bits per heavy atom. The second-order valence-electron chi connectivity index (χ2n) is 5.57. The van der Waals surface area contributed by atoms with Crippen molar-refractivity contribution in [2.75, 3.05) is 7.05 Å². The van der Waals surface area contributed by atoms with E-state index in [1.54, 1.807) is 11.7 Å². The Morgan fingerprint density at radius 1 is 1.21 bits per heavy atom. The number of nitrogens with zero attached hydrogens (tertiary/aromatic N) is 5. The SMILES string of the molecule is Cc1nn(C)c(C)c1CN(C)C(=O)c1c(Br)c(C(F)(F)F)nn1C.